The minimum atomic E-state index is 0.145. The van der Waals surface area contributed by atoms with Crippen molar-refractivity contribution in [1.82, 2.24) is 9.88 Å². The normalized spacial score (nSPS) is 12.4. The van der Waals surface area contributed by atoms with Gasteiger partial charge in [0.15, 0.2) is 0 Å². The van der Waals surface area contributed by atoms with Gasteiger partial charge in [-0.1, -0.05) is 18.2 Å². The van der Waals surface area contributed by atoms with E-state index in [0.29, 0.717) is 6.54 Å². The van der Waals surface area contributed by atoms with Crippen LogP contribution in [0.15, 0.2) is 48.7 Å². The molecule has 0 fully saturated rings. The first-order chi connectivity index (χ1) is 9.74. The molecule has 4 heteroatoms. The summed E-state index contributed by atoms with van der Waals surface area (Å²) in [6.07, 6.45) is 1.81. The Morgan fingerprint density at radius 2 is 2.10 bits per heavy atom. The van der Waals surface area contributed by atoms with E-state index < -0.39 is 0 Å². The summed E-state index contributed by atoms with van der Waals surface area (Å²) in [5, 5.41) is 0. The lowest BCUT2D eigenvalue weighted by atomic mass is 10.1. The summed E-state index contributed by atoms with van der Waals surface area (Å²) in [5.41, 5.74) is 8.14. The van der Waals surface area contributed by atoms with Gasteiger partial charge < -0.3 is 10.5 Å². The van der Waals surface area contributed by atoms with Crippen molar-refractivity contribution in [3.05, 3.63) is 59.9 Å². The van der Waals surface area contributed by atoms with Gasteiger partial charge in [0, 0.05) is 25.3 Å². The number of nitrogens with zero attached hydrogens (tertiary/aromatic N) is 2. The van der Waals surface area contributed by atoms with Crippen molar-refractivity contribution in [2.45, 2.75) is 12.6 Å². The van der Waals surface area contributed by atoms with Crippen molar-refractivity contribution in [3.8, 4) is 5.75 Å². The van der Waals surface area contributed by atoms with Crippen LogP contribution >= 0.6 is 0 Å². The van der Waals surface area contributed by atoms with Crippen molar-refractivity contribution >= 4 is 0 Å². The summed E-state index contributed by atoms with van der Waals surface area (Å²) < 4.78 is 5.28. The summed E-state index contributed by atoms with van der Waals surface area (Å²) in [6.45, 7) is 1.32. The molecule has 2 rings (SSSR count). The zero-order chi connectivity index (χ0) is 14.4. The van der Waals surface area contributed by atoms with E-state index in [-0.39, 0.29) is 6.04 Å². The molecule has 4 nitrogen and oxygen atoms in total. The second kappa shape index (κ2) is 7.03. The van der Waals surface area contributed by atoms with Gasteiger partial charge >= 0.3 is 0 Å². The second-order valence-electron chi connectivity index (χ2n) is 4.76. The number of hydrogen-bond acceptors (Lipinski definition) is 4. The zero-order valence-electron chi connectivity index (χ0n) is 12.0. The van der Waals surface area contributed by atoms with Crippen molar-refractivity contribution < 1.29 is 4.74 Å². The number of pyridine rings is 1. The molecule has 0 saturated carbocycles. The smallest absolute Gasteiger partial charge is 0.119 e. The molecule has 0 radical (unpaired) electrons. The number of nitrogens with two attached hydrogens (primary N) is 1. The largest absolute Gasteiger partial charge is 0.497 e. The molecule has 0 amide bonds. The maximum atomic E-state index is 5.95. The van der Waals surface area contributed by atoms with Crippen LogP contribution in [0.4, 0.5) is 0 Å². The van der Waals surface area contributed by atoms with Crippen LogP contribution in [0.3, 0.4) is 0 Å². The van der Waals surface area contributed by atoms with Crippen LogP contribution in [0.1, 0.15) is 17.3 Å². The third kappa shape index (κ3) is 3.56. The third-order valence-corrected chi connectivity index (χ3v) is 3.37. The predicted octanol–water partition coefficient (Wildman–Crippen LogP) is 2.22. The Morgan fingerprint density at radius 3 is 2.75 bits per heavy atom. The molecule has 0 aliphatic carbocycles. The Kier molecular flexibility index (Phi) is 5.09. The highest BCUT2D eigenvalue weighted by Crippen LogP contribution is 2.23. The van der Waals surface area contributed by atoms with E-state index in [1.807, 2.05) is 42.6 Å². The Morgan fingerprint density at radius 1 is 1.25 bits per heavy atom. The molecular weight excluding hydrogens is 250 g/mol. The number of benzene rings is 1. The molecule has 0 aliphatic heterocycles. The van der Waals surface area contributed by atoms with Gasteiger partial charge in [-0.15, -0.1) is 0 Å². The molecule has 106 valence electrons. The van der Waals surface area contributed by atoms with Crippen molar-refractivity contribution in [2.75, 3.05) is 20.7 Å². The SMILES string of the molecule is COc1cccc(C(CN)N(C)Cc2ccccn2)c1. The van der Waals surface area contributed by atoms with Gasteiger partial charge in [-0.2, -0.15) is 0 Å². The molecule has 1 heterocycles. The molecule has 1 atom stereocenters. The minimum Gasteiger partial charge on any atom is -0.497 e. The molecule has 1 aromatic heterocycles. The lowest BCUT2D eigenvalue weighted by Crippen LogP contribution is -2.30. The fraction of sp³-hybridized carbons (Fsp3) is 0.312. The first-order valence-corrected chi connectivity index (χ1v) is 6.68. The highest BCUT2D eigenvalue weighted by atomic mass is 16.5. The maximum absolute atomic E-state index is 5.95. The van der Waals surface area contributed by atoms with Crippen LogP contribution in [-0.2, 0) is 6.54 Å². The maximum Gasteiger partial charge on any atom is 0.119 e. The highest BCUT2D eigenvalue weighted by molar-refractivity contribution is 5.30. The second-order valence-corrected chi connectivity index (χ2v) is 4.76. The number of ether oxygens (including phenoxy) is 1. The molecular formula is C16H21N3O. The lowest BCUT2D eigenvalue weighted by molar-refractivity contribution is 0.238. The fourth-order valence-corrected chi connectivity index (χ4v) is 2.28. The lowest BCUT2D eigenvalue weighted by Gasteiger charge is -2.27. The average molecular weight is 271 g/mol. The van der Waals surface area contributed by atoms with Gasteiger partial charge in [-0.25, -0.2) is 0 Å². The van der Waals surface area contributed by atoms with E-state index in [0.717, 1.165) is 23.6 Å². The van der Waals surface area contributed by atoms with Gasteiger partial charge in [0.25, 0.3) is 0 Å². The van der Waals surface area contributed by atoms with Gasteiger partial charge in [-0.05, 0) is 36.9 Å². The predicted molar refractivity (Wildman–Crippen MR) is 80.5 cm³/mol. The van der Waals surface area contributed by atoms with Crippen LogP contribution in [0.5, 0.6) is 5.75 Å². The highest BCUT2D eigenvalue weighted by Gasteiger charge is 2.16. The van der Waals surface area contributed by atoms with Gasteiger partial charge in [0.2, 0.25) is 0 Å². The topological polar surface area (TPSA) is 51.4 Å². The van der Waals surface area contributed by atoms with Crippen LogP contribution in [0, 0.1) is 0 Å². The molecule has 20 heavy (non-hydrogen) atoms. The molecule has 2 N–H and O–H groups in total. The quantitative estimate of drug-likeness (QED) is 0.875. The first kappa shape index (κ1) is 14.5. The summed E-state index contributed by atoms with van der Waals surface area (Å²) in [6, 6.07) is 14.1. The average Bonchev–Trinajstić information content (AvgIpc) is 2.49. The van der Waals surface area contributed by atoms with E-state index in [1.165, 1.54) is 0 Å². The van der Waals surface area contributed by atoms with Crippen molar-refractivity contribution in [2.24, 2.45) is 5.73 Å². The van der Waals surface area contributed by atoms with Crippen molar-refractivity contribution in [3.63, 3.8) is 0 Å². The number of methoxy groups -OCH3 is 1. The monoisotopic (exact) mass is 271 g/mol. The van der Waals surface area contributed by atoms with Crippen LogP contribution in [0.25, 0.3) is 0 Å². The minimum absolute atomic E-state index is 0.145. The van der Waals surface area contributed by atoms with Crippen LogP contribution in [-0.4, -0.2) is 30.6 Å². The van der Waals surface area contributed by atoms with Gasteiger partial charge in [0.05, 0.1) is 12.8 Å². The van der Waals surface area contributed by atoms with E-state index in [1.54, 1.807) is 7.11 Å². The zero-order valence-corrected chi connectivity index (χ0v) is 12.0. The van der Waals surface area contributed by atoms with Crippen LogP contribution < -0.4 is 10.5 Å². The molecule has 1 aromatic carbocycles. The molecule has 0 spiro atoms. The molecule has 0 bridgehead atoms. The number of rotatable bonds is 6. The Hall–Kier alpha value is -1.91. The van der Waals surface area contributed by atoms with E-state index in [2.05, 4.69) is 23.0 Å². The summed E-state index contributed by atoms with van der Waals surface area (Å²) in [5.74, 6) is 0.854. The molecule has 0 aliphatic rings. The number of hydrogen-bond donors (Lipinski definition) is 1. The Balaban J connectivity index is 2.14. The Bertz CT molecular complexity index is 530. The summed E-state index contributed by atoms with van der Waals surface area (Å²) in [4.78, 5) is 6.56. The first-order valence-electron chi connectivity index (χ1n) is 6.68. The number of aromatic nitrogens is 1. The molecule has 0 saturated heterocycles. The molecule has 2 aromatic rings. The number of likely N-dealkylation sites (N-methyl/N-ethyl adjacent to an activating group) is 1. The Labute approximate surface area is 120 Å². The van der Waals surface area contributed by atoms with Gasteiger partial charge in [0.1, 0.15) is 5.75 Å². The van der Waals surface area contributed by atoms with E-state index in [4.69, 9.17) is 10.5 Å². The molecule has 1 unspecified atom stereocenters. The standard InChI is InChI=1S/C16H21N3O/c1-19(12-14-7-3-4-9-18-14)16(11-17)13-6-5-8-15(10-13)20-2/h3-10,16H,11-12,17H2,1-2H3. The summed E-state index contributed by atoms with van der Waals surface area (Å²) >= 11 is 0. The van der Waals surface area contributed by atoms with Crippen LogP contribution in [0.2, 0.25) is 0 Å². The van der Waals surface area contributed by atoms with E-state index in [9.17, 15) is 0 Å². The van der Waals surface area contributed by atoms with Gasteiger partial charge in [-0.3, -0.25) is 9.88 Å². The fourth-order valence-electron chi connectivity index (χ4n) is 2.28. The third-order valence-electron chi connectivity index (χ3n) is 3.37. The summed E-state index contributed by atoms with van der Waals surface area (Å²) in [7, 11) is 3.74. The van der Waals surface area contributed by atoms with E-state index >= 15 is 0 Å². The van der Waals surface area contributed by atoms with Crippen molar-refractivity contribution in [1.29, 1.82) is 0 Å².